The van der Waals surface area contributed by atoms with Crippen molar-refractivity contribution in [2.75, 3.05) is 17.7 Å². The van der Waals surface area contributed by atoms with Crippen molar-refractivity contribution in [3.8, 4) is 11.1 Å². The van der Waals surface area contributed by atoms with Gasteiger partial charge in [0, 0.05) is 24.2 Å². The van der Waals surface area contributed by atoms with Gasteiger partial charge in [-0.05, 0) is 43.8 Å². The molecule has 0 spiro atoms. The van der Waals surface area contributed by atoms with E-state index in [2.05, 4.69) is 31.0 Å². The van der Waals surface area contributed by atoms with Crippen LogP contribution in [0.1, 0.15) is 17.4 Å². The highest BCUT2D eigenvalue weighted by molar-refractivity contribution is 6.30. The van der Waals surface area contributed by atoms with Crippen molar-refractivity contribution >= 4 is 46.0 Å². The largest absolute Gasteiger partial charge is 0.309 e. The third kappa shape index (κ3) is 4.84. The minimum Gasteiger partial charge on any atom is -0.309 e. The van der Waals surface area contributed by atoms with Gasteiger partial charge in [-0.15, -0.1) is 0 Å². The lowest BCUT2D eigenvalue weighted by Crippen LogP contribution is -2.35. The van der Waals surface area contributed by atoms with E-state index in [1.165, 1.54) is 12.3 Å². The molecule has 0 aliphatic carbocycles. The Hall–Kier alpha value is -3.82. The van der Waals surface area contributed by atoms with Crippen molar-refractivity contribution in [3.63, 3.8) is 0 Å². The van der Waals surface area contributed by atoms with Crippen LogP contribution in [0.25, 0.3) is 22.0 Å². The van der Waals surface area contributed by atoms with Crippen molar-refractivity contribution in [2.24, 2.45) is 7.05 Å². The first-order valence-corrected chi connectivity index (χ1v) is 10.6. The first-order chi connectivity index (χ1) is 15.9. The lowest BCUT2D eigenvalue weighted by atomic mass is 10.0. The fourth-order valence-corrected chi connectivity index (χ4v) is 3.45. The fraction of sp³-hybridized carbons (Fsp3) is 0.174. The maximum Gasteiger partial charge on any atom is 0.275 e. The molecule has 0 saturated carbocycles. The molecule has 0 bridgehead atoms. The number of likely N-dealkylation sites (N-methyl/N-ethyl adjacent to an activating group) is 1. The van der Waals surface area contributed by atoms with E-state index >= 15 is 0 Å². The van der Waals surface area contributed by atoms with Crippen molar-refractivity contribution in [3.05, 3.63) is 65.6 Å². The number of anilines is 2. The highest BCUT2D eigenvalue weighted by atomic mass is 35.5. The topological polar surface area (TPSA) is 114 Å². The molecule has 9 nitrogen and oxygen atoms in total. The van der Waals surface area contributed by atoms with Gasteiger partial charge in [0.1, 0.15) is 17.3 Å². The number of carbonyl (C=O) groups excluding carboxylic acids is 2. The lowest BCUT2D eigenvalue weighted by Gasteiger charge is -2.14. The molecule has 1 unspecified atom stereocenters. The number of rotatable bonds is 6. The van der Waals surface area contributed by atoms with Crippen LogP contribution in [0.15, 0.2) is 54.9 Å². The van der Waals surface area contributed by atoms with Gasteiger partial charge < -0.3 is 16.0 Å². The summed E-state index contributed by atoms with van der Waals surface area (Å²) in [5.41, 5.74) is 2.74. The fourth-order valence-electron chi connectivity index (χ4n) is 3.34. The molecule has 10 heteroatoms. The van der Waals surface area contributed by atoms with Crippen molar-refractivity contribution in [2.45, 2.75) is 13.0 Å². The predicted octanol–water partition coefficient (Wildman–Crippen LogP) is 3.48. The van der Waals surface area contributed by atoms with E-state index in [0.29, 0.717) is 10.8 Å². The normalized spacial score (nSPS) is 11.9. The van der Waals surface area contributed by atoms with E-state index in [0.717, 1.165) is 22.0 Å². The Morgan fingerprint density at radius 1 is 1.06 bits per heavy atom. The quantitative estimate of drug-likeness (QED) is 0.403. The number of benzene rings is 1. The molecule has 2 amide bonds. The summed E-state index contributed by atoms with van der Waals surface area (Å²) < 4.78 is 1.78. The smallest absolute Gasteiger partial charge is 0.275 e. The lowest BCUT2D eigenvalue weighted by molar-refractivity contribution is -0.117. The Labute approximate surface area is 195 Å². The molecule has 168 valence electrons. The van der Waals surface area contributed by atoms with Gasteiger partial charge >= 0.3 is 0 Å². The summed E-state index contributed by atoms with van der Waals surface area (Å²) in [5.74, 6) is -0.132. The van der Waals surface area contributed by atoms with Crippen LogP contribution in [-0.2, 0) is 11.8 Å². The Balaban J connectivity index is 1.76. The summed E-state index contributed by atoms with van der Waals surface area (Å²) in [4.78, 5) is 33.6. The first-order valence-electron chi connectivity index (χ1n) is 10.2. The van der Waals surface area contributed by atoms with Gasteiger partial charge in [-0.3, -0.25) is 14.3 Å². The Morgan fingerprint density at radius 2 is 1.82 bits per heavy atom. The maximum absolute atomic E-state index is 12.7. The van der Waals surface area contributed by atoms with E-state index in [1.807, 2.05) is 25.2 Å². The molecule has 1 aromatic carbocycles. The zero-order valence-electron chi connectivity index (χ0n) is 18.3. The van der Waals surface area contributed by atoms with E-state index in [-0.39, 0.29) is 17.4 Å². The monoisotopic (exact) mass is 463 g/mol. The van der Waals surface area contributed by atoms with Crippen molar-refractivity contribution < 1.29 is 9.59 Å². The number of nitrogens with zero attached hydrogens (tertiary/aromatic N) is 4. The van der Waals surface area contributed by atoms with Crippen LogP contribution < -0.4 is 16.0 Å². The number of aryl methyl sites for hydroxylation is 1. The highest BCUT2D eigenvalue weighted by Crippen LogP contribution is 2.31. The molecule has 0 saturated heterocycles. The number of para-hydroxylation sites is 1. The summed E-state index contributed by atoms with van der Waals surface area (Å²) in [7, 11) is 3.56. The van der Waals surface area contributed by atoms with Crippen LogP contribution in [0.3, 0.4) is 0 Å². The molecule has 3 N–H and O–H groups in total. The minimum atomic E-state index is -0.448. The molecule has 0 fully saturated rings. The number of pyridine rings is 2. The number of aromatic nitrogens is 4. The molecule has 33 heavy (non-hydrogen) atoms. The SMILES string of the molecule is CNC(C)C(=O)Nc1cc(-c2cccc3cnn(C)c23)cc(NC(=O)c2ccc(Cl)cn2)n1. The van der Waals surface area contributed by atoms with Gasteiger partial charge in [-0.2, -0.15) is 5.10 Å². The van der Waals surface area contributed by atoms with E-state index in [1.54, 1.807) is 43.0 Å². The Bertz CT molecular complexity index is 1330. The van der Waals surface area contributed by atoms with Crippen LogP contribution in [0.2, 0.25) is 5.02 Å². The summed E-state index contributed by atoms with van der Waals surface area (Å²) in [5, 5.41) is 14.2. The number of carbonyl (C=O) groups is 2. The molecule has 4 aromatic rings. The van der Waals surface area contributed by atoms with Gasteiger partial charge in [0.25, 0.3) is 5.91 Å². The van der Waals surface area contributed by atoms with Crippen LogP contribution in [0.4, 0.5) is 11.6 Å². The zero-order valence-corrected chi connectivity index (χ0v) is 19.0. The summed E-state index contributed by atoms with van der Waals surface area (Å²) in [6.07, 6.45) is 3.18. The van der Waals surface area contributed by atoms with Gasteiger partial charge in [0.05, 0.1) is 22.8 Å². The standard InChI is InChI=1S/C23H22ClN7O2/c1-13(25-2)22(32)29-19-9-15(17-6-4-5-14-11-27-31(3)21(14)17)10-20(28-19)30-23(33)18-8-7-16(24)12-26-18/h4-13,25H,1-3H3,(H2,28,29,30,32,33). The zero-order chi connectivity index (χ0) is 23.5. The van der Waals surface area contributed by atoms with Crippen molar-refractivity contribution in [1.29, 1.82) is 0 Å². The van der Waals surface area contributed by atoms with Crippen LogP contribution in [-0.4, -0.2) is 44.7 Å². The number of hydrogen-bond donors (Lipinski definition) is 3. The number of amides is 2. The number of nitrogens with one attached hydrogen (secondary N) is 3. The van der Waals surface area contributed by atoms with Crippen LogP contribution in [0.5, 0.6) is 0 Å². The van der Waals surface area contributed by atoms with Gasteiger partial charge in [-0.25, -0.2) is 9.97 Å². The summed E-state index contributed by atoms with van der Waals surface area (Å²) >= 11 is 5.86. The van der Waals surface area contributed by atoms with Crippen LogP contribution in [0, 0.1) is 0 Å². The molecule has 3 heterocycles. The molecule has 0 aliphatic heterocycles. The third-order valence-corrected chi connectivity index (χ3v) is 5.40. The van der Waals surface area contributed by atoms with E-state index in [4.69, 9.17) is 11.6 Å². The van der Waals surface area contributed by atoms with Crippen LogP contribution >= 0.6 is 11.6 Å². The minimum absolute atomic E-state index is 0.190. The molecular formula is C23H22ClN7O2. The van der Waals surface area contributed by atoms with E-state index in [9.17, 15) is 9.59 Å². The highest BCUT2D eigenvalue weighted by Gasteiger charge is 2.16. The summed E-state index contributed by atoms with van der Waals surface area (Å²) in [6.45, 7) is 1.74. The number of hydrogen-bond acceptors (Lipinski definition) is 6. The Morgan fingerprint density at radius 3 is 2.52 bits per heavy atom. The third-order valence-electron chi connectivity index (χ3n) is 5.18. The second kappa shape index (κ2) is 9.35. The molecule has 1 atom stereocenters. The first kappa shape index (κ1) is 22.4. The van der Waals surface area contributed by atoms with Crippen molar-refractivity contribution in [1.82, 2.24) is 25.1 Å². The molecular weight excluding hydrogens is 442 g/mol. The molecule has 0 aliphatic rings. The number of fused-ring (bicyclic) bond motifs is 1. The van der Waals surface area contributed by atoms with Gasteiger partial charge in [0.2, 0.25) is 5.91 Å². The van der Waals surface area contributed by atoms with E-state index < -0.39 is 11.9 Å². The average molecular weight is 464 g/mol. The molecule has 3 aromatic heterocycles. The molecule has 0 radical (unpaired) electrons. The van der Waals surface area contributed by atoms with Gasteiger partial charge in [-0.1, -0.05) is 29.8 Å². The average Bonchev–Trinajstić information content (AvgIpc) is 3.19. The maximum atomic E-state index is 12.7. The second-order valence-corrected chi connectivity index (χ2v) is 7.89. The Kier molecular flexibility index (Phi) is 6.34. The van der Waals surface area contributed by atoms with Gasteiger partial charge in [0.15, 0.2) is 0 Å². The predicted molar refractivity (Wildman–Crippen MR) is 128 cm³/mol. The number of halogens is 1. The molecule has 4 rings (SSSR count). The summed E-state index contributed by atoms with van der Waals surface area (Å²) in [6, 6.07) is 12.0. The second-order valence-electron chi connectivity index (χ2n) is 7.45.